The molecular weight excluding hydrogens is 292 g/mol. The lowest BCUT2D eigenvalue weighted by molar-refractivity contribution is 0.560. The van der Waals surface area contributed by atoms with Gasteiger partial charge in [0.05, 0.1) is 0 Å². The Morgan fingerprint density at radius 3 is 2.56 bits per heavy atom. The molecule has 1 unspecified atom stereocenters. The summed E-state index contributed by atoms with van der Waals surface area (Å²) in [7, 11) is 0. The van der Waals surface area contributed by atoms with Crippen molar-refractivity contribution in [2.75, 3.05) is 0 Å². The smallest absolute Gasteiger partial charge is 0.250 e. The highest BCUT2D eigenvalue weighted by molar-refractivity contribution is 9.10. The lowest BCUT2D eigenvalue weighted by atomic mass is 10.1. The molecule has 3 nitrogen and oxygen atoms in total. The van der Waals surface area contributed by atoms with Crippen LogP contribution in [0.5, 0.6) is 0 Å². The first-order chi connectivity index (χ1) is 8.56. The van der Waals surface area contributed by atoms with E-state index < -0.39 is 0 Å². The summed E-state index contributed by atoms with van der Waals surface area (Å²) in [5.41, 5.74) is 8.31. The van der Waals surface area contributed by atoms with Crippen LogP contribution in [0.15, 0.2) is 51.9 Å². The first-order valence-corrected chi connectivity index (χ1v) is 6.54. The van der Waals surface area contributed by atoms with Crippen LogP contribution in [-0.4, -0.2) is 4.57 Å². The van der Waals surface area contributed by atoms with E-state index in [9.17, 15) is 4.79 Å². The maximum atomic E-state index is 11.7. The van der Waals surface area contributed by atoms with Gasteiger partial charge in [-0.2, -0.15) is 0 Å². The molecule has 0 saturated heterocycles. The topological polar surface area (TPSA) is 48.0 Å². The molecule has 0 aliphatic heterocycles. The SMILES string of the molecule is Cc1ccc(C(N)Cn2cc(Br)ccc2=O)cc1. The third-order valence-corrected chi connectivity index (χ3v) is 3.32. The minimum Gasteiger partial charge on any atom is -0.322 e. The molecule has 2 rings (SSSR count). The van der Waals surface area contributed by atoms with E-state index in [1.165, 1.54) is 11.6 Å². The molecule has 0 saturated carbocycles. The summed E-state index contributed by atoms with van der Waals surface area (Å²) in [6.07, 6.45) is 1.76. The summed E-state index contributed by atoms with van der Waals surface area (Å²) in [6, 6.07) is 11.1. The van der Waals surface area contributed by atoms with Gasteiger partial charge < -0.3 is 10.3 Å². The number of halogens is 1. The summed E-state index contributed by atoms with van der Waals surface area (Å²) in [4.78, 5) is 11.7. The molecule has 0 fully saturated rings. The summed E-state index contributed by atoms with van der Waals surface area (Å²) in [5.74, 6) is 0. The molecule has 0 aliphatic carbocycles. The second-order valence-electron chi connectivity index (χ2n) is 4.36. The van der Waals surface area contributed by atoms with E-state index in [4.69, 9.17) is 5.73 Å². The van der Waals surface area contributed by atoms with Crippen molar-refractivity contribution in [3.8, 4) is 0 Å². The Morgan fingerprint density at radius 1 is 1.22 bits per heavy atom. The maximum absolute atomic E-state index is 11.7. The molecule has 2 N–H and O–H groups in total. The van der Waals surface area contributed by atoms with Gasteiger partial charge in [-0.05, 0) is 34.5 Å². The Bertz CT molecular complexity index is 589. The Balaban J connectivity index is 2.21. The van der Waals surface area contributed by atoms with E-state index >= 15 is 0 Å². The zero-order valence-electron chi connectivity index (χ0n) is 10.1. The number of hydrogen-bond acceptors (Lipinski definition) is 2. The van der Waals surface area contributed by atoms with Gasteiger partial charge in [0.1, 0.15) is 0 Å². The maximum Gasteiger partial charge on any atom is 0.250 e. The predicted molar refractivity (Wildman–Crippen MR) is 76.5 cm³/mol. The molecule has 4 heteroatoms. The zero-order valence-corrected chi connectivity index (χ0v) is 11.7. The van der Waals surface area contributed by atoms with E-state index in [-0.39, 0.29) is 11.6 Å². The molecule has 1 aromatic heterocycles. The molecule has 0 aliphatic rings. The highest BCUT2D eigenvalue weighted by Gasteiger charge is 2.07. The molecule has 0 amide bonds. The van der Waals surface area contributed by atoms with E-state index in [1.807, 2.05) is 31.2 Å². The second kappa shape index (κ2) is 5.50. The Morgan fingerprint density at radius 2 is 1.89 bits per heavy atom. The average Bonchev–Trinajstić information content (AvgIpc) is 2.34. The molecule has 0 radical (unpaired) electrons. The number of benzene rings is 1. The lowest BCUT2D eigenvalue weighted by Crippen LogP contribution is -2.25. The Labute approximate surface area is 114 Å². The van der Waals surface area contributed by atoms with Crippen LogP contribution < -0.4 is 11.3 Å². The van der Waals surface area contributed by atoms with Crippen molar-refractivity contribution >= 4 is 15.9 Å². The Kier molecular flexibility index (Phi) is 3.99. The molecule has 18 heavy (non-hydrogen) atoms. The summed E-state index contributed by atoms with van der Waals surface area (Å²) >= 11 is 3.35. The van der Waals surface area contributed by atoms with Crippen LogP contribution in [0.4, 0.5) is 0 Å². The van der Waals surface area contributed by atoms with E-state index in [0.29, 0.717) is 6.54 Å². The van der Waals surface area contributed by atoms with Crippen molar-refractivity contribution in [2.24, 2.45) is 5.73 Å². The molecule has 0 spiro atoms. The number of aromatic nitrogens is 1. The highest BCUT2D eigenvalue weighted by atomic mass is 79.9. The molecule has 1 atom stereocenters. The van der Waals surface area contributed by atoms with Crippen molar-refractivity contribution in [2.45, 2.75) is 19.5 Å². The lowest BCUT2D eigenvalue weighted by Gasteiger charge is -2.14. The number of nitrogens with zero attached hydrogens (tertiary/aromatic N) is 1. The molecule has 0 bridgehead atoms. The van der Waals surface area contributed by atoms with Crippen LogP contribution in [0.1, 0.15) is 17.2 Å². The number of nitrogens with two attached hydrogens (primary N) is 1. The van der Waals surface area contributed by atoms with Crippen molar-refractivity contribution < 1.29 is 0 Å². The van der Waals surface area contributed by atoms with Gasteiger partial charge in [0.15, 0.2) is 0 Å². The number of aryl methyl sites for hydroxylation is 1. The average molecular weight is 307 g/mol. The van der Waals surface area contributed by atoms with E-state index in [2.05, 4.69) is 15.9 Å². The zero-order chi connectivity index (χ0) is 13.1. The third-order valence-electron chi connectivity index (χ3n) is 2.85. The predicted octanol–water partition coefficient (Wildman–Crippen LogP) is 2.62. The van der Waals surface area contributed by atoms with Crippen LogP contribution in [0.2, 0.25) is 0 Å². The van der Waals surface area contributed by atoms with Gasteiger partial charge in [0.2, 0.25) is 0 Å². The van der Waals surface area contributed by atoms with Gasteiger partial charge in [-0.15, -0.1) is 0 Å². The fourth-order valence-electron chi connectivity index (χ4n) is 1.78. The van der Waals surface area contributed by atoms with Crippen molar-refractivity contribution in [1.82, 2.24) is 4.57 Å². The van der Waals surface area contributed by atoms with Crippen LogP contribution in [-0.2, 0) is 6.54 Å². The fourth-order valence-corrected chi connectivity index (χ4v) is 2.16. The molecule has 2 aromatic rings. The van der Waals surface area contributed by atoms with Gasteiger partial charge in [0.25, 0.3) is 5.56 Å². The van der Waals surface area contributed by atoms with Gasteiger partial charge in [-0.25, -0.2) is 0 Å². The molecule has 1 heterocycles. The van der Waals surface area contributed by atoms with Gasteiger partial charge >= 0.3 is 0 Å². The molecular formula is C14H15BrN2O. The largest absolute Gasteiger partial charge is 0.322 e. The minimum absolute atomic E-state index is 0.0410. The van der Waals surface area contributed by atoms with E-state index in [0.717, 1.165) is 10.0 Å². The standard InChI is InChI=1S/C14H15BrN2O/c1-10-2-4-11(5-3-10)13(16)9-17-8-12(15)6-7-14(17)18/h2-8,13H,9,16H2,1H3. The quantitative estimate of drug-likeness (QED) is 0.947. The van der Waals surface area contributed by atoms with Gasteiger partial charge in [-0.3, -0.25) is 4.79 Å². The minimum atomic E-state index is -0.183. The number of hydrogen-bond donors (Lipinski definition) is 1. The third kappa shape index (κ3) is 3.09. The summed E-state index contributed by atoms with van der Waals surface area (Å²) < 4.78 is 2.49. The number of rotatable bonds is 3. The Hall–Kier alpha value is -1.39. The monoisotopic (exact) mass is 306 g/mol. The van der Waals surface area contributed by atoms with Crippen molar-refractivity contribution in [3.63, 3.8) is 0 Å². The normalized spacial score (nSPS) is 12.4. The summed E-state index contributed by atoms with van der Waals surface area (Å²) in [5, 5.41) is 0. The summed E-state index contributed by atoms with van der Waals surface area (Å²) in [6.45, 7) is 2.51. The van der Waals surface area contributed by atoms with Crippen LogP contribution in [0, 0.1) is 6.92 Å². The fraction of sp³-hybridized carbons (Fsp3) is 0.214. The highest BCUT2D eigenvalue weighted by Crippen LogP contribution is 2.14. The molecule has 94 valence electrons. The second-order valence-corrected chi connectivity index (χ2v) is 5.27. The van der Waals surface area contributed by atoms with Crippen LogP contribution in [0.25, 0.3) is 0 Å². The van der Waals surface area contributed by atoms with Crippen molar-refractivity contribution in [3.05, 3.63) is 68.5 Å². The van der Waals surface area contributed by atoms with E-state index in [1.54, 1.807) is 16.8 Å². The molecule has 1 aromatic carbocycles. The first-order valence-electron chi connectivity index (χ1n) is 5.74. The first kappa shape index (κ1) is 13.1. The van der Waals surface area contributed by atoms with Crippen LogP contribution in [0.3, 0.4) is 0 Å². The van der Waals surface area contributed by atoms with Crippen molar-refractivity contribution in [1.29, 1.82) is 0 Å². The van der Waals surface area contributed by atoms with Gasteiger partial charge in [0, 0.05) is 29.3 Å². The van der Waals surface area contributed by atoms with Gasteiger partial charge in [-0.1, -0.05) is 29.8 Å². The number of pyridine rings is 1. The van der Waals surface area contributed by atoms with Crippen LogP contribution >= 0.6 is 15.9 Å².